The summed E-state index contributed by atoms with van der Waals surface area (Å²) in [6.45, 7) is 5.16. The Balaban J connectivity index is 0.00000124. The molecule has 3 aromatic rings. The largest absolute Gasteiger partial charge is 0.364 e. The van der Waals surface area contributed by atoms with Gasteiger partial charge in [0.2, 0.25) is 5.79 Å². The first-order chi connectivity index (χ1) is 14.8. The van der Waals surface area contributed by atoms with Crippen molar-refractivity contribution < 1.29 is 22.9 Å². The number of nitrogens with zero attached hydrogens (tertiary/aromatic N) is 2. The van der Waals surface area contributed by atoms with Crippen LogP contribution in [0.5, 0.6) is 0 Å². The predicted octanol–water partition coefficient (Wildman–Crippen LogP) is 5.89. The molecule has 0 aliphatic carbocycles. The standard InChI is InChI=1S/C21H23FN2O4.C2H6/c22-17-8-6-16(7-9-17)19-15-18(23-28-19)5-3-1-2-4-11-21(25-13-14-26-21)20-10-12-27-24-20;1-2/h6-10,12,15H,1-5,11,13-14H2;1-2H3. The van der Waals surface area contributed by atoms with Crippen LogP contribution in [0.1, 0.15) is 57.3 Å². The van der Waals surface area contributed by atoms with Crippen LogP contribution in [0, 0.1) is 5.82 Å². The number of hydrogen-bond acceptors (Lipinski definition) is 6. The lowest BCUT2D eigenvalue weighted by molar-refractivity contribution is -0.175. The van der Waals surface area contributed by atoms with Gasteiger partial charge >= 0.3 is 0 Å². The lowest BCUT2D eigenvalue weighted by Gasteiger charge is -2.24. The van der Waals surface area contributed by atoms with Gasteiger partial charge in [0, 0.05) is 24.1 Å². The van der Waals surface area contributed by atoms with Crippen molar-refractivity contribution in [3.05, 3.63) is 59.9 Å². The van der Waals surface area contributed by atoms with Crippen LogP contribution < -0.4 is 0 Å². The van der Waals surface area contributed by atoms with Gasteiger partial charge in [-0.05, 0) is 43.5 Å². The molecule has 0 bridgehead atoms. The van der Waals surface area contributed by atoms with Crippen LogP contribution in [0.25, 0.3) is 11.3 Å². The second-order valence-electron chi connectivity index (χ2n) is 6.94. The predicted molar refractivity (Wildman–Crippen MR) is 110 cm³/mol. The molecule has 1 fully saturated rings. The van der Waals surface area contributed by atoms with E-state index in [9.17, 15) is 4.39 Å². The van der Waals surface area contributed by atoms with Gasteiger partial charge in [0.25, 0.3) is 0 Å². The minimum atomic E-state index is -0.747. The lowest BCUT2D eigenvalue weighted by Crippen LogP contribution is -2.27. The maximum atomic E-state index is 13.0. The van der Waals surface area contributed by atoms with Gasteiger partial charge in [-0.25, -0.2) is 4.39 Å². The highest BCUT2D eigenvalue weighted by atomic mass is 19.1. The van der Waals surface area contributed by atoms with Gasteiger partial charge in [0.05, 0.1) is 18.9 Å². The highest BCUT2D eigenvalue weighted by Gasteiger charge is 2.40. The highest BCUT2D eigenvalue weighted by molar-refractivity contribution is 5.57. The number of unbranched alkanes of at least 4 members (excludes halogenated alkanes) is 3. The first-order valence-electron chi connectivity index (χ1n) is 10.7. The monoisotopic (exact) mass is 416 g/mol. The van der Waals surface area contributed by atoms with Crippen LogP contribution in [0.15, 0.2) is 51.7 Å². The molecule has 4 rings (SSSR count). The average Bonchev–Trinajstić information content (AvgIpc) is 3.55. The van der Waals surface area contributed by atoms with E-state index in [2.05, 4.69) is 10.3 Å². The molecular formula is C23H29FN2O4. The molecule has 0 amide bonds. The van der Waals surface area contributed by atoms with Crippen LogP contribution in [-0.2, 0) is 21.7 Å². The minimum Gasteiger partial charge on any atom is -0.364 e. The van der Waals surface area contributed by atoms with Crippen molar-refractivity contribution in [3.63, 3.8) is 0 Å². The van der Waals surface area contributed by atoms with Crippen molar-refractivity contribution in [2.45, 2.75) is 58.2 Å². The summed E-state index contributed by atoms with van der Waals surface area (Å²) in [6, 6.07) is 9.94. The molecule has 162 valence electrons. The Bertz CT molecular complexity index is 856. The highest BCUT2D eigenvalue weighted by Crippen LogP contribution is 2.35. The second-order valence-corrected chi connectivity index (χ2v) is 6.94. The van der Waals surface area contributed by atoms with Crippen LogP contribution >= 0.6 is 0 Å². The fourth-order valence-electron chi connectivity index (χ4n) is 3.48. The number of aryl methyl sites for hydroxylation is 1. The number of ether oxygens (including phenoxy) is 2. The molecule has 0 spiro atoms. The average molecular weight is 416 g/mol. The van der Waals surface area contributed by atoms with E-state index >= 15 is 0 Å². The number of rotatable bonds is 9. The molecule has 6 nitrogen and oxygen atoms in total. The normalized spacial score (nSPS) is 15.0. The van der Waals surface area contributed by atoms with E-state index in [1.54, 1.807) is 24.5 Å². The topological polar surface area (TPSA) is 70.5 Å². The van der Waals surface area contributed by atoms with Crippen LogP contribution in [0.4, 0.5) is 4.39 Å². The Morgan fingerprint density at radius 3 is 2.37 bits per heavy atom. The van der Waals surface area contributed by atoms with Gasteiger partial charge in [-0.2, -0.15) is 0 Å². The van der Waals surface area contributed by atoms with Crippen molar-refractivity contribution in [2.24, 2.45) is 0 Å². The van der Waals surface area contributed by atoms with E-state index in [0.29, 0.717) is 24.7 Å². The number of halogens is 1. The number of hydrogen-bond donors (Lipinski definition) is 0. The molecule has 0 atom stereocenters. The summed E-state index contributed by atoms with van der Waals surface area (Å²) in [4.78, 5) is 0. The van der Waals surface area contributed by atoms with Crippen LogP contribution in [0.3, 0.4) is 0 Å². The fraction of sp³-hybridized carbons (Fsp3) is 0.478. The van der Waals surface area contributed by atoms with Gasteiger partial charge in [-0.3, -0.25) is 0 Å². The first kappa shape index (κ1) is 22.2. The Morgan fingerprint density at radius 2 is 1.67 bits per heavy atom. The van der Waals surface area contributed by atoms with Gasteiger partial charge in [-0.15, -0.1) is 0 Å². The molecule has 1 saturated heterocycles. The lowest BCUT2D eigenvalue weighted by atomic mass is 10.0. The molecule has 3 heterocycles. The Labute approximate surface area is 176 Å². The summed E-state index contributed by atoms with van der Waals surface area (Å²) in [6.07, 6.45) is 7.30. The third kappa shape index (κ3) is 5.55. The summed E-state index contributed by atoms with van der Waals surface area (Å²) in [5.41, 5.74) is 2.46. The third-order valence-corrected chi connectivity index (χ3v) is 4.96. The summed E-state index contributed by atoms with van der Waals surface area (Å²) in [7, 11) is 0. The Kier molecular flexibility index (Phi) is 8.16. The quantitative estimate of drug-likeness (QED) is 0.405. The minimum absolute atomic E-state index is 0.262. The molecule has 30 heavy (non-hydrogen) atoms. The molecule has 1 aliphatic heterocycles. The maximum Gasteiger partial charge on any atom is 0.215 e. The molecule has 7 heteroatoms. The van der Waals surface area contributed by atoms with E-state index < -0.39 is 5.79 Å². The van der Waals surface area contributed by atoms with E-state index in [4.69, 9.17) is 18.5 Å². The first-order valence-corrected chi connectivity index (χ1v) is 10.7. The summed E-state index contributed by atoms with van der Waals surface area (Å²) in [5, 5.41) is 8.11. The Morgan fingerprint density at radius 1 is 0.933 bits per heavy atom. The van der Waals surface area contributed by atoms with Crippen molar-refractivity contribution in [2.75, 3.05) is 13.2 Å². The third-order valence-electron chi connectivity index (χ3n) is 4.96. The van der Waals surface area contributed by atoms with Crippen molar-refractivity contribution >= 4 is 0 Å². The van der Waals surface area contributed by atoms with Crippen molar-refractivity contribution in [1.29, 1.82) is 0 Å². The molecule has 2 aromatic heterocycles. The van der Waals surface area contributed by atoms with E-state index in [1.165, 1.54) is 12.1 Å². The van der Waals surface area contributed by atoms with Crippen LogP contribution in [0.2, 0.25) is 0 Å². The van der Waals surface area contributed by atoms with E-state index in [-0.39, 0.29) is 5.82 Å². The smallest absolute Gasteiger partial charge is 0.215 e. The van der Waals surface area contributed by atoms with Crippen LogP contribution in [-0.4, -0.2) is 23.5 Å². The molecule has 1 aromatic carbocycles. The van der Waals surface area contributed by atoms with Crippen molar-refractivity contribution in [1.82, 2.24) is 10.3 Å². The van der Waals surface area contributed by atoms with Crippen molar-refractivity contribution in [3.8, 4) is 11.3 Å². The Hall–Kier alpha value is -2.51. The zero-order chi connectivity index (χ0) is 21.2. The van der Waals surface area contributed by atoms with Gasteiger partial charge in [0.1, 0.15) is 17.8 Å². The molecule has 0 N–H and O–H groups in total. The fourth-order valence-corrected chi connectivity index (χ4v) is 3.48. The molecule has 1 aliphatic rings. The van der Waals surface area contributed by atoms with E-state index in [0.717, 1.165) is 49.8 Å². The number of aromatic nitrogens is 2. The molecule has 0 saturated carbocycles. The van der Waals surface area contributed by atoms with E-state index in [1.807, 2.05) is 19.9 Å². The summed E-state index contributed by atoms with van der Waals surface area (Å²) < 4.78 is 35.0. The zero-order valence-corrected chi connectivity index (χ0v) is 17.6. The van der Waals surface area contributed by atoms with Gasteiger partial charge < -0.3 is 18.5 Å². The molecular weight excluding hydrogens is 387 g/mol. The van der Waals surface area contributed by atoms with Gasteiger partial charge in [-0.1, -0.05) is 37.0 Å². The number of benzene rings is 1. The SMILES string of the molecule is CC.Fc1ccc(-c2cc(CCCCCCC3(c4ccon4)OCCO3)no2)cc1. The maximum absolute atomic E-state index is 13.0. The summed E-state index contributed by atoms with van der Waals surface area (Å²) >= 11 is 0. The summed E-state index contributed by atoms with van der Waals surface area (Å²) in [5.74, 6) is -0.342. The molecule has 0 radical (unpaired) electrons. The van der Waals surface area contributed by atoms with Gasteiger partial charge in [0.15, 0.2) is 5.76 Å². The zero-order valence-electron chi connectivity index (χ0n) is 17.6. The second kappa shape index (κ2) is 11.0. The molecule has 0 unspecified atom stereocenters.